The number of carboxylic acid groups (broad SMARTS) is 1. The lowest BCUT2D eigenvalue weighted by Crippen LogP contribution is -2.53. The van der Waals surface area contributed by atoms with Crippen LogP contribution in [-0.4, -0.2) is 46.2 Å². The van der Waals surface area contributed by atoms with Gasteiger partial charge in [-0.25, -0.2) is 4.79 Å². The van der Waals surface area contributed by atoms with Crippen LogP contribution in [-0.2, 0) is 15.0 Å². The minimum absolute atomic E-state index is 0.0327. The molecule has 3 atom stereocenters. The molecule has 0 spiro atoms. The fourth-order valence-electron chi connectivity index (χ4n) is 2.13. The van der Waals surface area contributed by atoms with Crippen molar-refractivity contribution in [2.75, 3.05) is 0 Å². The van der Waals surface area contributed by atoms with Gasteiger partial charge in [0.25, 0.3) is 5.91 Å². The van der Waals surface area contributed by atoms with Gasteiger partial charge < -0.3 is 20.8 Å². The van der Waals surface area contributed by atoms with E-state index in [2.05, 4.69) is 31.4 Å². The zero-order valence-electron chi connectivity index (χ0n) is 15.2. The van der Waals surface area contributed by atoms with Crippen LogP contribution >= 0.6 is 0 Å². The normalized spacial score (nSPS) is 15.0. The Kier molecular flexibility index (Phi) is 6.70. The first-order valence-corrected chi connectivity index (χ1v) is 8.06. The van der Waals surface area contributed by atoms with Crippen LogP contribution in [0.5, 0.6) is 0 Å². The summed E-state index contributed by atoms with van der Waals surface area (Å²) in [6, 6.07) is 4.68. The summed E-state index contributed by atoms with van der Waals surface area (Å²) in [4.78, 5) is 35.2. The van der Waals surface area contributed by atoms with Crippen LogP contribution in [0.2, 0.25) is 0 Å². The molecule has 0 bridgehead atoms. The highest BCUT2D eigenvalue weighted by Gasteiger charge is 2.27. The van der Waals surface area contributed by atoms with E-state index in [0.717, 1.165) is 5.56 Å². The van der Waals surface area contributed by atoms with E-state index in [1.165, 1.54) is 13.8 Å². The lowest BCUT2D eigenvalue weighted by atomic mass is 9.86. The Bertz CT molecular complexity index is 632. The van der Waals surface area contributed by atoms with Crippen LogP contribution in [0.4, 0.5) is 0 Å². The molecule has 0 unspecified atom stereocenters. The van der Waals surface area contributed by atoms with Gasteiger partial charge in [-0.1, -0.05) is 32.9 Å². The second-order valence-electron chi connectivity index (χ2n) is 7.09. The van der Waals surface area contributed by atoms with E-state index < -0.39 is 36.0 Å². The molecule has 0 aliphatic carbocycles. The van der Waals surface area contributed by atoms with Crippen molar-refractivity contribution >= 4 is 17.8 Å². The highest BCUT2D eigenvalue weighted by atomic mass is 16.4. The Labute approximate surface area is 147 Å². The summed E-state index contributed by atoms with van der Waals surface area (Å²) in [6.07, 6.45) is -1.26. The maximum absolute atomic E-state index is 12.2. The largest absolute Gasteiger partial charge is 0.480 e. The molecular formula is C18H26N2O5. The zero-order valence-corrected chi connectivity index (χ0v) is 15.2. The molecule has 1 rings (SSSR count). The third-order valence-corrected chi connectivity index (χ3v) is 3.80. The van der Waals surface area contributed by atoms with Crippen LogP contribution in [0.15, 0.2) is 24.3 Å². The average Bonchev–Trinajstić information content (AvgIpc) is 2.50. The van der Waals surface area contributed by atoms with E-state index in [4.69, 9.17) is 5.11 Å². The molecule has 0 saturated carbocycles. The highest BCUT2D eigenvalue weighted by molar-refractivity contribution is 5.98. The average molecular weight is 350 g/mol. The number of nitrogens with one attached hydrogen (secondary N) is 2. The zero-order chi connectivity index (χ0) is 19.4. The second kappa shape index (κ2) is 8.11. The quantitative estimate of drug-likeness (QED) is 0.612. The maximum Gasteiger partial charge on any atom is 0.328 e. The van der Waals surface area contributed by atoms with Gasteiger partial charge in [0.05, 0.1) is 6.10 Å². The summed E-state index contributed by atoms with van der Waals surface area (Å²) in [5.74, 6) is -2.47. The summed E-state index contributed by atoms with van der Waals surface area (Å²) >= 11 is 0. The number of carbonyl (C=O) groups is 3. The molecule has 7 heteroatoms. The van der Waals surface area contributed by atoms with Crippen molar-refractivity contribution in [3.8, 4) is 0 Å². The van der Waals surface area contributed by atoms with Gasteiger partial charge >= 0.3 is 5.97 Å². The lowest BCUT2D eigenvalue weighted by Gasteiger charge is -2.21. The second-order valence-corrected chi connectivity index (χ2v) is 7.09. The summed E-state index contributed by atoms with van der Waals surface area (Å²) < 4.78 is 0. The number of aliphatic carboxylic acids is 1. The molecule has 4 N–H and O–H groups in total. The van der Waals surface area contributed by atoms with Crippen molar-refractivity contribution in [2.24, 2.45) is 0 Å². The van der Waals surface area contributed by atoms with Crippen LogP contribution < -0.4 is 10.6 Å². The number of hydrogen-bond donors (Lipinski definition) is 4. The molecule has 7 nitrogen and oxygen atoms in total. The molecule has 1 aromatic carbocycles. The third kappa shape index (κ3) is 5.86. The van der Waals surface area contributed by atoms with E-state index in [1.54, 1.807) is 12.1 Å². The number of aliphatic hydroxyl groups is 1. The maximum atomic E-state index is 12.2. The van der Waals surface area contributed by atoms with Gasteiger partial charge in [-0.3, -0.25) is 9.59 Å². The number of aliphatic hydroxyl groups excluding tert-OH is 1. The molecule has 0 aromatic heterocycles. The fraction of sp³-hybridized carbons (Fsp3) is 0.500. The molecule has 25 heavy (non-hydrogen) atoms. The van der Waals surface area contributed by atoms with E-state index in [-0.39, 0.29) is 5.41 Å². The summed E-state index contributed by atoms with van der Waals surface area (Å²) in [5.41, 5.74) is 1.45. The Morgan fingerprint density at radius 2 is 1.52 bits per heavy atom. The van der Waals surface area contributed by atoms with Gasteiger partial charge in [-0.15, -0.1) is 0 Å². The van der Waals surface area contributed by atoms with Gasteiger partial charge in [0.15, 0.2) is 6.04 Å². The number of carbonyl (C=O) groups excluding carboxylic acids is 2. The lowest BCUT2D eigenvalue weighted by molar-refractivity contribution is -0.145. The molecule has 0 fully saturated rings. The first-order valence-electron chi connectivity index (χ1n) is 8.06. The van der Waals surface area contributed by atoms with Gasteiger partial charge in [0.2, 0.25) is 5.91 Å². The van der Waals surface area contributed by atoms with Crippen molar-refractivity contribution in [1.82, 2.24) is 10.6 Å². The first-order chi connectivity index (χ1) is 11.4. The molecule has 0 aliphatic rings. The standard InChI is InChI=1S/C18H26N2O5/c1-10(15(22)20-14(11(2)21)17(24)25)19-16(23)12-6-8-13(9-7-12)18(3,4)5/h6-11,14,21H,1-5H3,(H,19,23)(H,20,22)(H,24,25)/t10-,11-,14-/m0/s1. The number of carboxylic acids is 1. The predicted octanol–water partition coefficient (Wildman–Crippen LogP) is 1.05. The van der Waals surface area contributed by atoms with Crippen LogP contribution in [0.25, 0.3) is 0 Å². The van der Waals surface area contributed by atoms with Crippen molar-refractivity contribution in [2.45, 2.75) is 58.2 Å². The predicted molar refractivity (Wildman–Crippen MR) is 93.3 cm³/mol. The fourth-order valence-corrected chi connectivity index (χ4v) is 2.13. The van der Waals surface area contributed by atoms with Crippen molar-refractivity contribution < 1.29 is 24.6 Å². The Balaban J connectivity index is 2.72. The third-order valence-electron chi connectivity index (χ3n) is 3.80. The first kappa shape index (κ1) is 20.6. The smallest absolute Gasteiger partial charge is 0.328 e. The van der Waals surface area contributed by atoms with E-state index in [1.807, 2.05) is 12.1 Å². The molecule has 0 radical (unpaired) electrons. The van der Waals surface area contributed by atoms with Gasteiger partial charge in [0.1, 0.15) is 6.04 Å². The molecular weight excluding hydrogens is 324 g/mol. The number of amides is 2. The highest BCUT2D eigenvalue weighted by Crippen LogP contribution is 2.22. The minimum atomic E-state index is -1.43. The van der Waals surface area contributed by atoms with Crippen LogP contribution in [0, 0.1) is 0 Å². The molecule has 0 aliphatic heterocycles. The number of rotatable bonds is 6. The SMILES string of the molecule is C[C@H](NC(=O)c1ccc(C(C)(C)C)cc1)C(=O)N[C@H](C(=O)O)[C@H](C)O. The Morgan fingerprint density at radius 1 is 1.00 bits per heavy atom. The van der Waals surface area contributed by atoms with Crippen molar-refractivity contribution in [3.05, 3.63) is 35.4 Å². The van der Waals surface area contributed by atoms with E-state index in [0.29, 0.717) is 5.56 Å². The van der Waals surface area contributed by atoms with Crippen LogP contribution in [0.1, 0.15) is 50.5 Å². The van der Waals surface area contributed by atoms with Gasteiger partial charge in [-0.05, 0) is 37.0 Å². The van der Waals surface area contributed by atoms with Crippen molar-refractivity contribution in [1.29, 1.82) is 0 Å². The Hall–Kier alpha value is -2.41. The molecule has 0 heterocycles. The van der Waals surface area contributed by atoms with E-state index in [9.17, 15) is 19.5 Å². The molecule has 138 valence electrons. The topological polar surface area (TPSA) is 116 Å². The summed E-state index contributed by atoms with van der Waals surface area (Å²) in [6.45, 7) is 8.90. The summed E-state index contributed by atoms with van der Waals surface area (Å²) in [5, 5.41) is 23.1. The number of benzene rings is 1. The molecule has 1 aromatic rings. The summed E-state index contributed by atoms with van der Waals surface area (Å²) in [7, 11) is 0. The van der Waals surface area contributed by atoms with Crippen molar-refractivity contribution in [3.63, 3.8) is 0 Å². The molecule has 0 saturated heterocycles. The van der Waals surface area contributed by atoms with Gasteiger partial charge in [0, 0.05) is 5.56 Å². The van der Waals surface area contributed by atoms with E-state index >= 15 is 0 Å². The minimum Gasteiger partial charge on any atom is -0.480 e. The van der Waals surface area contributed by atoms with Crippen LogP contribution in [0.3, 0.4) is 0 Å². The monoisotopic (exact) mass is 350 g/mol. The number of hydrogen-bond acceptors (Lipinski definition) is 4. The molecule has 2 amide bonds. The van der Waals surface area contributed by atoms with Gasteiger partial charge in [-0.2, -0.15) is 0 Å². The Morgan fingerprint density at radius 3 is 1.92 bits per heavy atom.